The second kappa shape index (κ2) is 8.79. The van der Waals surface area contributed by atoms with Gasteiger partial charge < -0.3 is 20.1 Å². The van der Waals surface area contributed by atoms with Crippen LogP contribution in [0.1, 0.15) is 30.9 Å². The number of carbonyl (C=O) groups excluding carboxylic acids is 1. The third-order valence-electron chi connectivity index (χ3n) is 5.45. The fourth-order valence-corrected chi connectivity index (χ4v) is 3.77. The Morgan fingerprint density at radius 2 is 2.15 bits per heavy atom. The van der Waals surface area contributed by atoms with Gasteiger partial charge in [-0.15, -0.1) is 0 Å². The van der Waals surface area contributed by atoms with E-state index >= 15 is 0 Å². The van der Waals surface area contributed by atoms with E-state index < -0.39 is 0 Å². The van der Waals surface area contributed by atoms with Gasteiger partial charge in [-0.25, -0.2) is 0 Å². The van der Waals surface area contributed by atoms with Crippen molar-refractivity contribution in [3.63, 3.8) is 0 Å². The summed E-state index contributed by atoms with van der Waals surface area (Å²) in [5.41, 5.74) is 0.935. The molecule has 1 aliphatic carbocycles. The van der Waals surface area contributed by atoms with Crippen LogP contribution in [0.5, 0.6) is 5.75 Å². The standard InChI is InChI=1S/C19H30N4O3/c1-22-4-3-5-23(7-6-22)13-18(25)21-19(14-8-16(24)9-14)15-10-17(26-2)12-20-11-15/h10-12,14,16,19,24H,3-9,13H2,1-2H3,(H,21,25)/t14?,16?,19-/m0/s1. The Balaban J connectivity index is 1.64. The maximum atomic E-state index is 12.7. The molecule has 2 fully saturated rings. The number of likely N-dealkylation sites (N-methyl/N-ethyl adjacent to an activating group) is 1. The van der Waals surface area contributed by atoms with E-state index in [1.807, 2.05) is 6.07 Å². The molecule has 144 valence electrons. The van der Waals surface area contributed by atoms with E-state index in [0.717, 1.165) is 38.2 Å². The maximum Gasteiger partial charge on any atom is 0.234 e. The molecule has 2 aliphatic rings. The van der Waals surface area contributed by atoms with E-state index in [-0.39, 0.29) is 24.0 Å². The predicted octanol–water partition coefficient (Wildman–Crippen LogP) is 0.656. The fourth-order valence-electron chi connectivity index (χ4n) is 3.77. The average Bonchev–Trinajstić information content (AvgIpc) is 2.81. The Morgan fingerprint density at radius 3 is 2.88 bits per heavy atom. The van der Waals surface area contributed by atoms with Gasteiger partial charge in [0.15, 0.2) is 0 Å². The highest BCUT2D eigenvalue weighted by Gasteiger charge is 2.36. The number of aliphatic hydroxyl groups excluding tert-OH is 1. The molecule has 0 bridgehead atoms. The molecule has 1 saturated heterocycles. The van der Waals surface area contributed by atoms with E-state index in [0.29, 0.717) is 25.1 Å². The zero-order valence-corrected chi connectivity index (χ0v) is 15.7. The normalized spacial score (nSPS) is 25.8. The van der Waals surface area contributed by atoms with Gasteiger partial charge in [-0.3, -0.25) is 14.7 Å². The van der Waals surface area contributed by atoms with E-state index in [2.05, 4.69) is 27.1 Å². The van der Waals surface area contributed by atoms with Crippen molar-refractivity contribution >= 4 is 5.91 Å². The smallest absolute Gasteiger partial charge is 0.234 e. The Bertz CT molecular complexity index is 606. The van der Waals surface area contributed by atoms with Crippen LogP contribution in [0.4, 0.5) is 0 Å². The van der Waals surface area contributed by atoms with Gasteiger partial charge in [-0.2, -0.15) is 0 Å². The number of aliphatic hydroxyl groups is 1. The molecule has 1 aromatic heterocycles. The number of amides is 1. The highest BCUT2D eigenvalue weighted by molar-refractivity contribution is 5.78. The number of carbonyl (C=O) groups is 1. The molecule has 0 spiro atoms. The first-order valence-electron chi connectivity index (χ1n) is 9.42. The lowest BCUT2D eigenvalue weighted by Crippen LogP contribution is -2.45. The molecule has 1 atom stereocenters. The molecule has 0 aromatic carbocycles. The molecule has 7 heteroatoms. The fraction of sp³-hybridized carbons (Fsp3) is 0.684. The number of nitrogens with zero attached hydrogens (tertiary/aromatic N) is 3. The van der Waals surface area contributed by atoms with Gasteiger partial charge in [-0.05, 0) is 56.9 Å². The van der Waals surface area contributed by atoms with Gasteiger partial charge in [0.05, 0.1) is 32.0 Å². The van der Waals surface area contributed by atoms with Crippen LogP contribution in [-0.2, 0) is 4.79 Å². The number of rotatable bonds is 6. The molecule has 1 aliphatic heterocycles. The van der Waals surface area contributed by atoms with E-state index in [4.69, 9.17) is 4.74 Å². The molecule has 3 rings (SSSR count). The molecule has 2 N–H and O–H groups in total. The Hall–Kier alpha value is -1.70. The topological polar surface area (TPSA) is 77.9 Å². The minimum Gasteiger partial charge on any atom is -0.495 e. The second-order valence-electron chi connectivity index (χ2n) is 7.52. The number of methoxy groups -OCH3 is 1. The van der Waals surface area contributed by atoms with Crippen molar-refractivity contribution in [2.24, 2.45) is 5.92 Å². The van der Waals surface area contributed by atoms with Crippen molar-refractivity contribution in [2.75, 3.05) is 46.9 Å². The van der Waals surface area contributed by atoms with Crippen molar-refractivity contribution in [1.82, 2.24) is 20.1 Å². The SMILES string of the molecule is COc1cncc([C@@H](NC(=O)CN2CCCN(C)CC2)C2CC(O)C2)c1. The van der Waals surface area contributed by atoms with Crippen molar-refractivity contribution in [2.45, 2.75) is 31.4 Å². The highest BCUT2D eigenvalue weighted by Crippen LogP contribution is 2.38. The summed E-state index contributed by atoms with van der Waals surface area (Å²) in [5, 5.41) is 12.9. The monoisotopic (exact) mass is 362 g/mol. The first-order valence-corrected chi connectivity index (χ1v) is 9.42. The largest absolute Gasteiger partial charge is 0.495 e. The first kappa shape index (κ1) is 19.1. The van der Waals surface area contributed by atoms with Crippen LogP contribution >= 0.6 is 0 Å². The molecule has 26 heavy (non-hydrogen) atoms. The van der Waals surface area contributed by atoms with Crippen LogP contribution in [-0.4, -0.2) is 78.8 Å². The summed E-state index contributed by atoms with van der Waals surface area (Å²) in [7, 11) is 3.73. The molecule has 1 aromatic rings. The zero-order chi connectivity index (χ0) is 18.5. The number of pyridine rings is 1. The molecular weight excluding hydrogens is 332 g/mol. The summed E-state index contributed by atoms with van der Waals surface area (Å²) in [4.78, 5) is 21.4. The minimum absolute atomic E-state index is 0.0313. The lowest BCUT2D eigenvalue weighted by Gasteiger charge is -2.38. The van der Waals surface area contributed by atoms with E-state index in [9.17, 15) is 9.90 Å². The Kier molecular flexibility index (Phi) is 6.45. The third-order valence-corrected chi connectivity index (χ3v) is 5.45. The van der Waals surface area contributed by atoms with Gasteiger partial charge in [0.2, 0.25) is 5.91 Å². The highest BCUT2D eigenvalue weighted by atomic mass is 16.5. The van der Waals surface area contributed by atoms with Crippen molar-refractivity contribution < 1.29 is 14.6 Å². The number of nitrogens with one attached hydrogen (secondary N) is 1. The van der Waals surface area contributed by atoms with Gasteiger partial charge in [0.1, 0.15) is 5.75 Å². The maximum absolute atomic E-state index is 12.7. The van der Waals surface area contributed by atoms with Crippen LogP contribution in [0, 0.1) is 5.92 Å². The summed E-state index contributed by atoms with van der Waals surface area (Å²) >= 11 is 0. The van der Waals surface area contributed by atoms with E-state index in [1.54, 1.807) is 19.5 Å². The summed E-state index contributed by atoms with van der Waals surface area (Å²) in [6.45, 7) is 4.35. The van der Waals surface area contributed by atoms with Gasteiger partial charge in [0.25, 0.3) is 0 Å². The summed E-state index contributed by atoms with van der Waals surface area (Å²) in [6, 6.07) is 1.78. The number of hydrogen-bond acceptors (Lipinski definition) is 6. The van der Waals surface area contributed by atoms with Gasteiger partial charge in [0, 0.05) is 19.3 Å². The second-order valence-corrected chi connectivity index (χ2v) is 7.52. The first-order chi connectivity index (χ1) is 12.5. The van der Waals surface area contributed by atoms with E-state index in [1.165, 1.54) is 0 Å². The van der Waals surface area contributed by atoms with Crippen molar-refractivity contribution in [1.29, 1.82) is 0 Å². The molecule has 0 unspecified atom stereocenters. The minimum atomic E-state index is -0.265. The van der Waals surface area contributed by atoms with Gasteiger partial charge in [-0.1, -0.05) is 0 Å². The summed E-state index contributed by atoms with van der Waals surface area (Å²) < 4.78 is 5.27. The molecular formula is C19H30N4O3. The molecule has 1 saturated carbocycles. The van der Waals surface area contributed by atoms with Gasteiger partial charge >= 0.3 is 0 Å². The number of aromatic nitrogens is 1. The summed E-state index contributed by atoms with van der Waals surface area (Å²) in [6.07, 6.45) is 5.67. The number of ether oxygens (including phenoxy) is 1. The van der Waals surface area contributed by atoms with Crippen LogP contribution < -0.4 is 10.1 Å². The summed E-state index contributed by atoms with van der Waals surface area (Å²) in [5.74, 6) is 0.944. The quantitative estimate of drug-likeness (QED) is 0.774. The van der Waals surface area contributed by atoms with Crippen LogP contribution in [0.3, 0.4) is 0 Å². The Morgan fingerprint density at radius 1 is 1.35 bits per heavy atom. The van der Waals surface area contributed by atoms with Crippen LogP contribution in [0.25, 0.3) is 0 Å². The predicted molar refractivity (Wildman–Crippen MR) is 99.0 cm³/mol. The molecule has 7 nitrogen and oxygen atoms in total. The lowest BCUT2D eigenvalue weighted by molar-refractivity contribution is -0.124. The average molecular weight is 362 g/mol. The van der Waals surface area contributed by atoms with Crippen LogP contribution in [0.2, 0.25) is 0 Å². The van der Waals surface area contributed by atoms with Crippen LogP contribution in [0.15, 0.2) is 18.5 Å². The number of hydrogen-bond donors (Lipinski definition) is 2. The third kappa shape index (κ3) is 4.93. The van der Waals surface area contributed by atoms with Crippen molar-refractivity contribution in [3.05, 3.63) is 24.0 Å². The Labute approximate surface area is 155 Å². The van der Waals surface area contributed by atoms with Crippen molar-refractivity contribution in [3.8, 4) is 5.75 Å². The molecule has 0 radical (unpaired) electrons. The zero-order valence-electron chi connectivity index (χ0n) is 15.7. The molecule has 2 heterocycles. The lowest BCUT2D eigenvalue weighted by atomic mass is 9.75. The molecule has 1 amide bonds.